The number of nitrogens with one attached hydrogen (secondary N) is 1. The Kier molecular flexibility index (Phi) is 3.73. The first-order valence-corrected chi connectivity index (χ1v) is 6.42. The summed E-state index contributed by atoms with van der Waals surface area (Å²) in [5.74, 6) is 0. The minimum absolute atomic E-state index is 0.0733. The molecule has 98 valence electrons. The van der Waals surface area contributed by atoms with Crippen molar-refractivity contribution in [3.8, 4) is 11.8 Å². The van der Waals surface area contributed by atoms with E-state index in [0.717, 1.165) is 17.9 Å². The Hall–Kier alpha value is -2.05. The second-order valence-electron chi connectivity index (χ2n) is 5.60. The van der Waals surface area contributed by atoms with Gasteiger partial charge in [-0.15, -0.1) is 0 Å². The first-order chi connectivity index (χ1) is 9.01. The van der Waals surface area contributed by atoms with E-state index < -0.39 is 0 Å². The molecule has 0 aliphatic heterocycles. The monoisotopic (exact) mass is 253 g/mol. The fraction of sp³-hybridized carbons (Fsp3) is 0.312. The van der Waals surface area contributed by atoms with Crippen molar-refractivity contribution in [3.05, 3.63) is 53.9 Å². The van der Waals surface area contributed by atoms with Crippen LogP contribution in [0.4, 0.5) is 0 Å². The highest BCUT2D eigenvalue weighted by Crippen LogP contribution is 2.17. The lowest BCUT2D eigenvalue weighted by atomic mass is 10.1. The Labute approximate surface area is 114 Å². The van der Waals surface area contributed by atoms with Crippen LogP contribution in [0.3, 0.4) is 0 Å². The van der Waals surface area contributed by atoms with Crippen LogP contribution in [-0.2, 0) is 6.54 Å². The van der Waals surface area contributed by atoms with Gasteiger partial charge in [0.05, 0.1) is 11.3 Å². The Morgan fingerprint density at radius 2 is 1.89 bits per heavy atom. The molecule has 0 radical (unpaired) electrons. The number of hydrogen-bond donors (Lipinski definition) is 1. The smallest absolute Gasteiger partial charge is 0.101 e. The van der Waals surface area contributed by atoms with Crippen molar-refractivity contribution >= 4 is 0 Å². The standard InChI is InChI=1S/C16H19N3/c1-16(2,3)18-12-14-8-6-10-19(14)15-9-5-4-7-13(15)11-17/h4-10,18H,12H2,1-3H3. The highest BCUT2D eigenvalue weighted by atomic mass is 15.0. The lowest BCUT2D eigenvalue weighted by molar-refractivity contribution is 0.420. The highest BCUT2D eigenvalue weighted by molar-refractivity contribution is 5.49. The molecule has 2 aromatic rings. The fourth-order valence-electron chi connectivity index (χ4n) is 1.93. The number of hydrogen-bond acceptors (Lipinski definition) is 2. The van der Waals surface area contributed by atoms with E-state index in [2.05, 4.69) is 42.8 Å². The fourth-order valence-corrected chi connectivity index (χ4v) is 1.93. The first kappa shape index (κ1) is 13.4. The molecule has 1 N–H and O–H groups in total. The van der Waals surface area contributed by atoms with Crippen molar-refractivity contribution in [1.29, 1.82) is 5.26 Å². The van der Waals surface area contributed by atoms with Gasteiger partial charge in [0.2, 0.25) is 0 Å². The Balaban J connectivity index is 2.32. The van der Waals surface area contributed by atoms with Gasteiger partial charge in [-0.25, -0.2) is 0 Å². The van der Waals surface area contributed by atoms with Gasteiger partial charge in [-0.1, -0.05) is 12.1 Å². The van der Waals surface area contributed by atoms with E-state index >= 15 is 0 Å². The van der Waals surface area contributed by atoms with Gasteiger partial charge in [-0.2, -0.15) is 5.26 Å². The largest absolute Gasteiger partial charge is 0.318 e. The van der Waals surface area contributed by atoms with Crippen LogP contribution >= 0.6 is 0 Å². The van der Waals surface area contributed by atoms with Crippen LogP contribution in [0.1, 0.15) is 32.0 Å². The van der Waals surface area contributed by atoms with Crippen molar-refractivity contribution in [2.75, 3.05) is 0 Å². The van der Waals surface area contributed by atoms with Crippen LogP contribution in [0.5, 0.6) is 0 Å². The molecule has 0 saturated carbocycles. The molecule has 0 aliphatic rings. The molecule has 1 heterocycles. The second-order valence-corrected chi connectivity index (χ2v) is 5.60. The highest BCUT2D eigenvalue weighted by Gasteiger charge is 2.11. The summed E-state index contributed by atoms with van der Waals surface area (Å²) in [6.07, 6.45) is 2.00. The van der Waals surface area contributed by atoms with Crippen molar-refractivity contribution < 1.29 is 0 Å². The van der Waals surface area contributed by atoms with Crippen LogP contribution in [0.25, 0.3) is 5.69 Å². The van der Waals surface area contributed by atoms with E-state index in [1.807, 2.05) is 36.5 Å². The molecule has 0 atom stereocenters. The van der Waals surface area contributed by atoms with Crippen molar-refractivity contribution in [2.45, 2.75) is 32.9 Å². The molecule has 3 nitrogen and oxygen atoms in total. The molecular weight excluding hydrogens is 234 g/mol. The van der Waals surface area contributed by atoms with E-state index in [-0.39, 0.29) is 5.54 Å². The van der Waals surface area contributed by atoms with Crippen molar-refractivity contribution in [1.82, 2.24) is 9.88 Å². The lowest BCUT2D eigenvalue weighted by Crippen LogP contribution is -2.35. The molecule has 0 fully saturated rings. The normalized spacial score (nSPS) is 11.3. The molecule has 2 rings (SSSR count). The summed E-state index contributed by atoms with van der Waals surface area (Å²) in [7, 11) is 0. The molecule has 3 heteroatoms. The van der Waals surface area contributed by atoms with E-state index in [0.29, 0.717) is 5.56 Å². The first-order valence-electron chi connectivity index (χ1n) is 6.42. The average molecular weight is 253 g/mol. The zero-order chi connectivity index (χ0) is 13.9. The maximum Gasteiger partial charge on any atom is 0.101 e. The van der Waals surface area contributed by atoms with E-state index in [9.17, 15) is 5.26 Å². The Bertz CT molecular complexity index is 597. The molecule has 0 unspecified atom stereocenters. The van der Waals surface area contributed by atoms with Gasteiger partial charge in [0.1, 0.15) is 6.07 Å². The summed E-state index contributed by atoms with van der Waals surface area (Å²) in [5, 5.41) is 12.7. The Morgan fingerprint density at radius 3 is 2.58 bits per heavy atom. The molecule has 0 bridgehead atoms. The predicted octanol–water partition coefficient (Wildman–Crippen LogP) is 3.24. The number of nitriles is 1. The zero-order valence-corrected chi connectivity index (χ0v) is 11.6. The van der Waals surface area contributed by atoms with Crippen LogP contribution in [-0.4, -0.2) is 10.1 Å². The maximum atomic E-state index is 9.19. The van der Waals surface area contributed by atoms with Crippen molar-refractivity contribution in [2.24, 2.45) is 0 Å². The number of rotatable bonds is 3. The van der Waals surface area contributed by atoms with Gasteiger partial charge >= 0.3 is 0 Å². The van der Waals surface area contributed by atoms with Crippen LogP contribution in [0.2, 0.25) is 0 Å². The molecule has 0 aliphatic carbocycles. The summed E-state index contributed by atoms with van der Waals surface area (Å²) in [6, 6.07) is 14.0. The number of para-hydroxylation sites is 1. The van der Waals surface area contributed by atoms with E-state index in [1.54, 1.807) is 0 Å². The third-order valence-electron chi connectivity index (χ3n) is 2.92. The average Bonchev–Trinajstić information content (AvgIpc) is 2.83. The van der Waals surface area contributed by atoms with Gasteiger partial charge in [-0.05, 0) is 45.0 Å². The number of benzene rings is 1. The molecule has 1 aromatic carbocycles. The zero-order valence-electron chi connectivity index (χ0n) is 11.6. The van der Waals surface area contributed by atoms with E-state index in [1.165, 1.54) is 0 Å². The predicted molar refractivity (Wildman–Crippen MR) is 77.1 cm³/mol. The van der Waals surface area contributed by atoms with Gasteiger partial charge in [0.15, 0.2) is 0 Å². The molecular formula is C16H19N3. The van der Waals surface area contributed by atoms with E-state index in [4.69, 9.17) is 0 Å². The summed E-state index contributed by atoms with van der Waals surface area (Å²) in [4.78, 5) is 0. The summed E-state index contributed by atoms with van der Waals surface area (Å²) in [6.45, 7) is 7.20. The molecule has 19 heavy (non-hydrogen) atoms. The lowest BCUT2D eigenvalue weighted by Gasteiger charge is -2.21. The van der Waals surface area contributed by atoms with Crippen LogP contribution < -0.4 is 5.32 Å². The summed E-state index contributed by atoms with van der Waals surface area (Å²) < 4.78 is 2.07. The van der Waals surface area contributed by atoms with Gasteiger partial charge in [0, 0.05) is 24.0 Å². The summed E-state index contributed by atoms with van der Waals surface area (Å²) in [5.41, 5.74) is 2.85. The molecule has 0 spiro atoms. The third-order valence-corrected chi connectivity index (χ3v) is 2.92. The topological polar surface area (TPSA) is 40.8 Å². The van der Waals surface area contributed by atoms with Gasteiger partial charge in [-0.3, -0.25) is 0 Å². The maximum absolute atomic E-state index is 9.19. The van der Waals surface area contributed by atoms with Gasteiger partial charge < -0.3 is 9.88 Å². The minimum Gasteiger partial charge on any atom is -0.318 e. The van der Waals surface area contributed by atoms with Crippen LogP contribution in [0.15, 0.2) is 42.6 Å². The number of aromatic nitrogens is 1. The Morgan fingerprint density at radius 1 is 1.16 bits per heavy atom. The number of nitrogens with zero attached hydrogens (tertiary/aromatic N) is 2. The van der Waals surface area contributed by atoms with Crippen molar-refractivity contribution in [3.63, 3.8) is 0 Å². The van der Waals surface area contributed by atoms with Crippen LogP contribution in [0, 0.1) is 11.3 Å². The summed E-state index contributed by atoms with van der Waals surface area (Å²) >= 11 is 0. The second kappa shape index (κ2) is 5.29. The minimum atomic E-state index is 0.0733. The van der Waals surface area contributed by atoms with Gasteiger partial charge in [0.25, 0.3) is 0 Å². The molecule has 0 amide bonds. The SMILES string of the molecule is CC(C)(C)NCc1cccn1-c1ccccc1C#N. The molecule has 0 saturated heterocycles. The quantitative estimate of drug-likeness (QED) is 0.912. The third kappa shape index (κ3) is 3.24. The molecule has 1 aromatic heterocycles.